The average molecular weight is 483 g/mol. The molecule has 0 saturated carbocycles. The van der Waals surface area contributed by atoms with Crippen LogP contribution >= 0.6 is 0 Å². The van der Waals surface area contributed by atoms with Crippen LogP contribution in [0, 0.1) is 0 Å². The van der Waals surface area contributed by atoms with E-state index >= 15 is 0 Å². The number of benzene rings is 3. The molecule has 0 aliphatic carbocycles. The second-order valence-corrected chi connectivity index (χ2v) is 8.49. The van der Waals surface area contributed by atoms with E-state index in [1.165, 1.54) is 4.57 Å². The summed E-state index contributed by atoms with van der Waals surface area (Å²) in [5.74, 6) is -0.452. The van der Waals surface area contributed by atoms with Crippen LogP contribution in [0.25, 0.3) is 22.3 Å². The van der Waals surface area contributed by atoms with E-state index in [0.717, 1.165) is 29.7 Å². The van der Waals surface area contributed by atoms with E-state index < -0.39 is 5.56 Å². The highest BCUT2D eigenvalue weighted by Gasteiger charge is 2.19. The van der Waals surface area contributed by atoms with Crippen molar-refractivity contribution >= 4 is 34.2 Å². The zero-order chi connectivity index (χ0) is 25.7. The van der Waals surface area contributed by atoms with Crippen LogP contribution in [0.4, 0.5) is 11.4 Å². The summed E-state index contributed by atoms with van der Waals surface area (Å²) in [6.07, 6.45) is 1.88. The van der Waals surface area contributed by atoms with Crippen molar-refractivity contribution in [1.82, 2.24) is 9.55 Å². The fourth-order valence-electron chi connectivity index (χ4n) is 4.29. The maximum absolute atomic E-state index is 13.7. The molecule has 0 spiro atoms. The first-order chi connectivity index (χ1) is 17.5. The number of hydrogen-bond acceptors (Lipinski definition) is 4. The summed E-state index contributed by atoms with van der Waals surface area (Å²) < 4.78 is 1.45. The summed E-state index contributed by atoms with van der Waals surface area (Å²) in [5.41, 5.74) is 4.85. The van der Waals surface area contributed by atoms with Crippen molar-refractivity contribution in [3.63, 3.8) is 0 Å². The van der Waals surface area contributed by atoms with Crippen LogP contribution in [0.5, 0.6) is 0 Å². The van der Waals surface area contributed by atoms with Crippen molar-refractivity contribution < 1.29 is 9.59 Å². The predicted octanol–water partition coefficient (Wildman–Crippen LogP) is 5.18. The van der Waals surface area contributed by atoms with Gasteiger partial charge in [-0.2, -0.15) is 0 Å². The average Bonchev–Trinajstić information content (AvgIpc) is 2.90. The van der Waals surface area contributed by atoms with Crippen LogP contribution in [0.2, 0.25) is 0 Å². The standard InChI is InChI=1S/C29H30N4O3/c1-4-19-12-11-13-20(5-2)27(19)32-26(35)18-33-24-17-10-9-16-23(24)31-28(29(33)36)21-14-7-8-15-22(21)30-25(34)6-3/h7-17H,4-6,18H2,1-3H3,(H,30,34)(H,32,35). The second kappa shape index (κ2) is 11.0. The van der Waals surface area contributed by atoms with Crippen molar-refractivity contribution in [1.29, 1.82) is 0 Å². The Kier molecular flexibility index (Phi) is 7.59. The highest BCUT2D eigenvalue weighted by Crippen LogP contribution is 2.26. The molecule has 0 fully saturated rings. The summed E-state index contributed by atoms with van der Waals surface area (Å²) in [6.45, 7) is 5.69. The van der Waals surface area contributed by atoms with Crippen LogP contribution in [0.3, 0.4) is 0 Å². The second-order valence-electron chi connectivity index (χ2n) is 8.49. The molecule has 0 aliphatic rings. The molecule has 0 bridgehead atoms. The number of aromatic nitrogens is 2. The molecule has 36 heavy (non-hydrogen) atoms. The van der Waals surface area contributed by atoms with Crippen LogP contribution < -0.4 is 16.2 Å². The summed E-state index contributed by atoms with van der Waals surface area (Å²) in [4.78, 5) is 43.7. The molecule has 0 atom stereocenters. The highest BCUT2D eigenvalue weighted by atomic mass is 16.2. The van der Waals surface area contributed by atoms with Gasteiger partial charge in [-0.05, 0) is 42.2 Å². The van der Waals surface area contributed by atoms with Crippen molar-refractivity contribution in [3.8, 4) is 11.3 Å². The molecule has 184 valence electrons. The minimum absolute atomic E-state index is 0.163. The normalized spacial score (nSPS) is 10.9. The number of carbonyl (C=O) groups excluding carboxylic acids is 2. The molecule has 7 nitrogen and oxygen atoms in total. The van der Waals surface area contributed by atoms with E-state index in [-0.39, 0.29) is 24.1 Å². The molecule has 7 heteroatoms. The Bertz CT molecular complexity index is 1470. The topological polar surface area (TPSA) is 93.1 Å². The number of hydrogen-bond donors (Lipinski definition) is 2. The third-order valence-electron chi connectivity index (χ3n) is 6.19. The first-order valence-corrected chi connectivity index (χ1v) is 12.3. The quantitative estimate of drug-likeness (QED) is 0.362. The van der Waals surface area contributed by atoms with Gasteiger partial charge >= 0.3 is 0 Å². The number of para-hydroxylation sites is 4. The molecule has 0 radical (unpaired) electrons. The largest absolute Gasteiger partial charge is 0.325 e. The van der Waals surface area contributed by atoms with Gasteiger partial charge in [-0.1, -0.05) is 69.3 Å². The molecule has 1 aromatic heterocycles. The van der Waals surface area contributed by atoms with E-state index in [2.05, 4.69) is 15.6 Å². The number of nitrogens with zero attached hydrogens (tertiary/aromatic N) is 2. The Morgan fingerprint density at radius 2 is 1.47 bits per heavy atom. The van der Waals surface area contributed by atoms with E-state index in [1.807, 2.05) is 50.2 Å². The minimum atomic E-state index is -0.401. The van der Waals surface area contributed by atoms with Crippen LogP contribution in [-0.4, -0.2) is 21.4 Å². The number of rotatable bonds is 8. The maximum atomic E-state index is 13.7. The Balaban J connectivity index is 1.79. The van der Waals surface area contributed by atoms with Crippen molar-refractivity contribution in [2.24, 2.45) is 0 Å². The predicted molar refractivity (Wildman–Crippen MR) is 144 cm³/mol. The Morgan fingerprint density at radius 3 is 2.17 bits per heavy atom. The fraction of sp³-hybridized carbons (Fsp3) is 0.241. The van der Waals surface area contributed by atoms with Gasteiger partial charge in [0.05, 0.1) is 16.7 Å². The van der Waals surface area contributed by atoms with Gasteiger partial charge < -0.3 is 10.6 Å². The molecule has 0 saturated heterocycles. The SMILES string of the molecule is CCC(=O)Nc1ccccc1-c1nc2ccccc2n(CC(=O)Nc2c(CC)cccc2CC)c1=O. The van der Waals surface area contributed by atoms with Gasteiger partial charge in [0.15, 0.2) is 0 Å². The van der Waals surface area contributed by atoms with Crippen molar-refractivity contribution in [2.45, 2.75) is 46.6 Å². The smallest absolute Gasteiger partial charge is 0.278 e. The number of carbonyl (C=O) groups is 2. The molecule has 2 N–H and O–H groups in total. The van der Waals surface area contributed by atoms with E-state index in [0.29, 0.717) is 28.7 Å². The lowest BCUT2D eigenvalue weighted by molar-refractivity contribution is -0.117. The lowest BCUT2D eigenvalue weighted by Gasteiger charge is -2.17. The minimum Gasteiger partial charge on any atom is -0.325 e. The summed E-state index contributed by atoms with van der Waals surface area (Å²) >= 11 is 0. The molecular weight excluding hydrogens is 452 g/mol. The highest BCUT2D eigenvalue weighted by molar-refractivity contribution is 5.96. The summed E-state index contributed by atoms with van der Waals surface area (Å²) in [6, 6.07) is 20.3. The Morgan fingerprint density at radius 1 is 0.806 bits per heavy atom. The monoisotopic (exact) mass is 482 g/mol. The van der Waals surface area contributed by atoms with E-state index in [9.17, 15) is 14.4 Å². The first kappa shape index (κ1) is 24.9. The van der Waals surface area contributed by atoms with Crippen LogP contribution in [0.1, 0.15) is 38.3 Å². The molecular formula is C29H30N4O3. The summed E-state index contributed by atoms with van der Waals surface area (Å²) in [5, 5.41) is 5.90. The Hall–Kier alpha value is -4.26. The lowest BCUT2D eigenvalue weighted by Crippen LogP contribution is -2.30. The molecule has 2 amide bonds. The zero-order valence-electron chi connectivity index (χ0n) is 20.8. The van der Waals surface area contributed by atoms with E-state index in [1.54, 1.807) is 37.3 Å². The number of amides is 2. The van der Waals surface area contributed by atoms with Gasteiger partial charge in [0.1, 0.15) is 12.2 Å². The fourth-order valence-corrected chi connectivity index (χ4v) is 4.29. The molecule has 0 unspecified atom stereocenters. The van der Waals surface area contributed by atoms with Gasteiger partial charge in [-0.25, -0.2) is 4.98 Å². The third-order valence-corrected chi connectivity index (χ3v) is 6.19. The van der Waals surface area contributed by atoms with Gasteiger partial charge in [0.25, 0.3) is 5.56 Å². The number of nitrogens with one attached hydrogen (secondary N) is 2. The molecule has 3 aromatic carbocycles. The van der Waals surface area contributed by atoms with Gasteiger partial charge in [0.2, 0.25) is 11.8 Å². The number of aryl methyl sites for hydroxylation is 2. The third kappa shape index (κ3) is 5.05. The lowest BCUT2D eigenvalue weighted by atomic mass is 10.0. The van der Waals surface area contributed by atoms with Crippen LogP contribution in [-0.2, 0) is 29.0 Å². The molecule has 4 aromatic rings. The molecule has 0 aliphatic heterocycles. The Labute approximate surface area is 210 Å². The molecule has 4 rings (SSSR count). The van der Waals surface area contributed by atoms with E-state index in [4.69, 9.17) is 0 Å². The maximum Gasteiger partial charge on any atom is 0.278 e. The van der Waals surface area contributed by atoms with Gasteiger partial charge in [-0.15, -0.1) is 0 Å². The van der Waals surface area contributed by atoms with Crippen molar-refractivity contribution in [3.05, 3.63) is 88.2 Å². The van der Waals surface area contributed by atoms with Crippen molar-refractivity contribution in [2.75, 3.05) is 10.6 Å². The first-order valence-electron chi connectivity index (χ1n) is 12.3. The van der Waals surface area contributed by atoms with Gasteiger partial charge in [-0.3, -0.25) is 19.0 Å². The van der Waals surface area contributed by atoms with Crippen LogP contribution in [0.15, 0.2) is 71.5 Å². The zero-order valence-corrected chi connectivity index (χ0v) is 20.8. The van der Waals surface area contributed by atoms with Gasteiger partial charge in [0, 0.05) is 17.7 Å². The molecule has 1 heterocycles. The number of anilines is 2. The number of fused-ring (bicyclic) bond motifs is 1. The summed E-state index contributed by atoms with van der Waals surface area (Å²) in [7, 11) is 0.